The lowest BCUT2D eigenvalue weighted by atomic mass is 10.1. The molecule has 1 heterocycles. The third-order valence-corrected chi connectivity index (χ3v) is 2.83. The van der Waals surface area contributed by atoms with E-state index in [4.69, 9.17) is 4.74 Å². The number of nitrogens with one attached hydrogen (secondary N) is 2. The summed E-state index contributed by atoms with van der Waals surface area (Å²) in [5, 5.41) is 5.80. The number of hydrogen-bond donors (Lipinski definition) is 2. The van der Waals surface area contributed by atoms with Gasteiger partial charge in [0.05, 0.1) is 0 Å². The SMILES string of the molecule is Cc1cccc(NC(=O)NC2CCOCC2)c1. The fourth-order valence-electron chi connectivity index (χ4n) is 1.92. The normalized spacial score (nSPS) is 16.5. The Balaban J connectivity index is 1.84. The number of anilines is 1. The van der Waals surface area contributed by atoms with Gasteiger partial charge in [-0.2, -0.15) is 0 Å². The van der Waals surface area contributed by atoms with Gasteiger partial charge in [-0.1, -0.05) is 12.1 Å². The first kappa shape index (κ1) is 11.9. The molecule has 4 nitrogen and oxygen atoms in total. The van der Waals surface area contributed by atoms with Crippen molar-refractivity contribution in [1.29, 1.82) is 0 Å². The number of amides is 2. The lowest BCUT2D eigenvalue weighted by Gasteiger charge is -2.23. The number of rotatable bonds is 2. The van der Waals surface area contributed by atoms with Gasteiger partial charge in [-0.05, 0) is 37.5 Å². The van der Waals surface area contributed by atoms with E-state index in [2.05, 4.69) is 10.6 Å². The molecule has 2 amide bonds. The Morgan fingerprint density at radius 3 is 2.82 bits per heavy atom. The Labute approximate surface area is 101 Å². The van der Waals surface area contributed by atoms with Crippen molar-refractivity contribution in [3.63, 3.8) is 0 Å². The first-order valence-electron chi connectivity index (χ1n) is 5.96. The Hall–Kier alpha value is -1.55. The molecule has 1 aromatic carbocycles. The van der Waals surface area contributed by atoms with Crippen LogP contribution >= 0.6 is 0 Å². The van der Waals surface area contributed by atoms with Crippen molar-refractivity contribution in [3.05, 3.63) is 29.8 Å². The fraction of sp³-hybridized carbons (Fsp3) is 0.462. The molecule has 0 spiro atoms. The molecular weight excluding hydrogens is 216 g/mol. The van der Waals surface area contributed by atoms with Crippen LogP contribution in [-0.2, 0) is 4.74 Å². The Morgan fingerprint density at radius 1 is 1.35 bits per heavy atom. The minimum Gasteiger partial charge on any atom is -0.381 e. The van der Waals surface area contributed by atoms with Crippen molar-refractivity contribution in [1.82, 2.24) is 5.32 Å². The Kier molecular flexibility index (Phi) is 3.98. The molecule has 92 valence electrons. The second-order valence-electron chi connectivity index (χ2n) is 4.35. The summed E-state index contributed by atoms with van der Waals surface area (Å²) in [7, 11) is 0. The number of ether oxygens (including phenoxy) is 1. The smallest absolute Gasteiger partial charge is 0.319 e. The van der Waals surface area contributed by atoms with E-state index in [1.165, 1.54) is 0 Å². The molecule has 4 heteroatoms. The molecule has 0 unspecified atom stereocenters. The zero-order valence-corrected chi connectivity index (χ0v) is 10.0. The molecule has 2 N–H and O–H groups in total. The van der Waals surface area contributed by atoms with Gasteiger partial charge in [0, 0.05) is 24.9 Å². The summed E-state index contributed by atoms with van der Waals surface area (Å²) < 4.78 is 5.24. The average molecular weight is 234 g/mol. The predicted molar refractivity (Wildman–Crippen MR) is 67.2 cm³/mol. The number of hydrogen-bond acceptors (Lipinski definition) is 2. The number of carbonyl (C=O) groups is 1. The van der Waals surface area contributed by atoms with E-state index >= 15 is 0 Å². The maximum Gasteiger partial charge on any atom is 0.319 e. The van der Waals surface area contributed by atoms with Gasteiger partial charge >= 0.3 is 6.03 Å². The number of benzene rings is 1. The highest BCUT2D eigenvalue weighted by molar-refractivity contribution is 5.89. The van der Waals surface area contributed by atoms with Gasteiger partial charge in [0.25, 0.3) is 0 Å². The van der Waals surface area contributed by atoms with E-state index in [-0.39, 0.29) is 12.1 Å². The highest BCUT2D eigenvalue weighted by Gasteiger charge is 2.15. The minimum atomic E-state index is -0.137. The zero-order valence-electron chi connectivity index (χ0n) is 10.0. The van der Waals surface area contributed by atoms with E-state index in [9.17, 15) is 4.79 Å². The molecular formula is C13H18N2O2. The first-order chi connectivity index (χ1) is 8.24. The van der Waals surface area contributed by atoms with Gasteiger partial charge in [-0.3, -0.25) is 0 Å². The summed E-state index contributed by atoms with van der Waals surface area (Å²) in [5.74, 6) is 0. The van der Waals surface area contributed by atoms with Crippen molar-refractivity contribution < 1.29 is 9.53 Å². The molecule has 1 saturated heterocycles. The van der Waals surface area contributed by atoms with Crippen LogP contribution < -0.4 is 10.6 Å². The average Bonchev–Trinajstić information content (AvgIpc) is 2.30. The lowest BCUT2D eigenvalue weighted by Crippen LogP contribution is -2.41. The van der Waals surface area contributed by atoms with Crippen LogP contribution in [0, 0.1) is 6.92 Å². The van der Waals surface area contributed by atoms with Crippen molar-refractivity contribution in [2.24, 2.45) is 0 Å². The predicted octanol–water partition coefficient (Wildman–Crippen LogP) is 2.30. The van der Waals surface area contributed by atoms with Gasteiger partial charge in [0.1, 0.15) is 0 Å². The van der Waals surface area contributed by atoms with Crippen LogP contribution in [0.15, 0.2) is 24.3 Å². The summed E-state index contributed by atoms with van der Waals surface area (Å²) >= 11 is 0. The molecule has 1 aromatic rings. The minimum absolute atomic E-state index is 0.137. The standard InChI is InChI=1S/C13H18N2O2/c1-10-3-2-4-12(9-10)15-13(16)14-11-5-7-17-8-6-11/h2-4,9,11H,5-8H2,1H3,(H2,14,15,16). The topological polar surface area (TPSA) is 50.4 Å². The first-order valence-corrected chi connectivity index (χ1v) is 5.96. The molecule has 0 saturated carbocycles. The fourth-order valence-corrected chi connectivity index (χ4v) is 1.92. The summed E-state index contributed by atoms with van der Waals surface area (Å²) in [4.78, 5) is 11.7. The van der Waals surface area contributed by atoms with Gasteiger partial charge in [0.2, 0.25) is 0 Å². The largest absolute Gasteiger partial charge is 0.381 e. The third-order valence-electron chi connectivity index (χ3n) is 2.83. The number of aryl methyl sites for hydroxylation is 1. The van der Waals surface area contributed by atoms with Crippen LogP contribution in [0.5, 0.6) is 0 Å². The number of carbonyl (C=O) groups excluding carboxylic acids is 1. The van der Waals surface area contributed by atoms with Crippen LogP contribution in [0.3, 0.4) is 0 Å². The zero-order chi connectivity index (χ0) is 12.1. The highest BCUT2D eigenvalue weighted by atomic mass is 16.5. The van der Waals surface area contributed by atoms with E-state index in [1.807, 2.05) is 31.2 Å². The maximum absolute atomic E-state index is 11.7. The van der Waals surface area contributed by atoms with Crippen LogP contribution in [0.25, 0.3) is 0 Å². The van der Waals surface area contributed by atoms with Crippen LogP contribution in [0.2, 0.25) is 0 Å². The maximum atomic E-state index is 11.7. The van der Waals surface area contributed by atoms with Gasteiger partial charge < -0.3 is 15.4 Å². The number of urea groups is 1. The van der Waals surface area contributed by atoms with Crippen molar-refractivity contribution >= 4 is 11.7 Å². The lowest BCUT2D eigenvalue weighted by molar-refractivity contribution is 0.0806. The van der Waals surface area contributed by atoms with Crippen molar-refractivity contribution in [2.75, 3.05) is 18.5 Å². The van der Waals surface area contributed by atoms with E-state index in [0.29, 0.717) is 0 Å². The third kappa shape index (κ3) is 3.75. The summed E-state index contributed by atoms with van der Waals surface area (Å²) in [6.07, 6.45) is 1.78. The second kappa shape index (κ2) is 5.68. The van der Waals surface area contributed by atoms with Crippen LogP contribution in [0.1, 0.15) is 18.4 Å². The van der Waals surface area contributed by atoms with E-state index in [0.717, 1.165) is 37.3 Å². The molecule has 2 rings (SSSR count). The van der Waals surface area contributed by atoms with Gasteiger partial charge in [-0.15, -0.1) is 0 Å². The quantitative estimate of drug-likeness (QED) is 0.825. The summed E-state index contributed by atoms with van der Waals surface area (Å²) in [6, 6.07) is 7.86. The molecule has 0 radical (unpaired) electrons. The van der Waals surface area contributed by atoms with Crippen LogP contribution in [0.4, 0.5) is 10.5 Å². The van der Waals surface area contributed by atoms with Gasteiger partial charge in [0.15, 0.2) is 0 Å². The molecule has 0 bridgehead atoms. The molecule has 1 aliphatic heterocycles. The van der Waals surface area contributed by atoms with Gasteiger partial charge in [-0.25, -0.2) is 4.79 Å². The monoisotopic (exact) mass is 234 g/mol. The molecule has 17 heavy (non-hydrogen) atoms. The molecule has 1 aliphatic rings. The summed E-state index contributed by atoms with van der Waals surface area (Å²) in [5.41, 5.74) is 1.96. The van der Waals surface area contributed by atoms with Crippen molar-refractivity contribution in [3.8, 4) is 0 Å². The molecule has 0 aliphatic carbocycles. The Morgan fingerprint density at radius 2 is 2.12 bits per heavy atom. The van der Waals surface area contributed by atoms with Crippen molar-refractivity contribution in [2.45, 2.75) is 25.8 Å². The molecule has 0 aromatic heterocycles. The molecule has 1 fully saturated rings. The second-order valence-corrected chi connectivity index (χ2v) is 4.35. The van der Waals surface area contributed by atoms with E-state index in [1.54, 1.807) is 0 Å². The van der Waals surface area contributed by atoms with E-state index < -0.39 is 0 Å². The van der Waals surface area contributed by atoms with Crippen LogP contribution in [-0.4, -0.2) is 25.3 Å². The Bertz CT molecular complexity index is 387. The summed E-state index contributed by atoms with van der Waals surface area (Å²) in [6.45, 7) is 3.46. The highest BCUT2D eigenvalue weighted by Crippen LogP contribution is 2.10. The molecule has 0 atom stereocenters.